The van der Waals surface area contributed by atoms with Crippen molar-refractivity contribution < 1.29 is 14.6 Å². The minimum Gasteiger partial charge on any atom is -0.387 e. The molecule has 0 saturated carbocycles. The largest absolute Gasteiger partial charge is 0.387 e. The Kier molecular flexibility index (Phi) is 4.69. The van der Waals surface area contributed by atoms with E-state index in [-0.39, 0.29) is 11.1 Å². The van der Waals surface area contributed by atoms with Crippen LogP contribution in [0, 0.1) is 6.92 Å². The van der Waals surface area contributed by atoms with Crippen LogP contribution in [0.2, 0.25) is 0 Å². The number of anilines is 1. The number of nitrogen functional groups attached to an aromatic ring is 1. The fourth-order valence-corrected chi connectivity index (χ4v) is 3.90. The number of nitrogens with zero attached hydrogens (tertiary/aromatic N) is 2. The number of ether oxygens (including phenoxy) is 2. The minimum absolute atomic E-state index is 0.0465. The molecule has 0 aliphatic carbocycles. The van der Waals surface area contributed by atoms with Gasteiger partial charge in [0, 0.05) is 26.0 Å². The Morgan fingerprint density at radius 1 is 1.55 bits per heavy atom. The van der Waals surface area contributed by atoms with Crippen LogP contribution in [0.25, 0.3) is 0 Å². The second-order valence-corrected chi connectivity index (χ2v) is 6.07. The van der Waals surface area contributed by atoms with Crippen molar-refractivity contribution in [1.82, 2.24) is 9.55 Å². The topological polar surface area (TPSA) is 99.6 Å². The Morgan fingerprint density at radius 2 is 2.25 bits per heavy atom. The van der Waals surface area contributed by atoms with Crippen molar-refractivity contribution in [3.8, 4) is 0 Å². The molecule has 4 atom stereocenters. The van der Waals surface area contributed by atoms with Crippen molar-refractivity contribution in [2.24, 2.45) is 0 Å². The van der Waals surface area contributed by atoms with Crippen LogP contribution in [0.5, 0.6) is 0 Å². The number of hydrogen-bond acceptors (Lipinski definition) is 7. The number of nitrogens with two attached hydrogens (primary N) is 1. The standard InChI is InChI=1S/C12H19N3O4S/c1-6-4-15(12(17)14-10(6)13)11-8(16)9(19-3)7(20-11)5-18-2/h4,7-9,11,16H,5H2,1-3H3,(H2,13,14,17)/t7-,8+,9?,11-/m1/s1. The Bertz CT molecular complexity index is 536. The molecule has 0 bridgehead atoms. The van der Waals surface area contributed by atoms with Gasteiger partial charge in [0.2, 0.25) is 0 Å². The quantitative estimate of drug-likeness (QED) is 0.792. The zero-order chi connectivity index (χ0) is 14.9. The van der Waals surface area contributed by atoms with Gasteiger partial charge in [-0.15, -0.1) is 11.8 Å². The molecule has 20 heavy (non-hydrogen) atoms. The van der Waals surface area contributed by atoms with Gasteiger partial charge in [-0.2, -0.15) is 4.98 Å². The van der Waals surface area contributed by atoms with Gasteiger partial charge in [-0.3, -0.25) is 4.57 Å². The number of aliphatic hydroxyl groups excluding tert-OH is 1. The molecule has 1 fully saturated rings. The van der Waals surface area contributed by atoms with E-state index in [2.05, 4.69) is 4.98 Å². The van der Waals surface area contributed by atoms with Crippen LogP contribution in [0.15, 0.2) is 11.0 Å². The van der Waals surface area contributed by atoms with Gasteiger partial charge in [-0.05, 0) is 6.92 Å². The highest BCUT2D eigenvalue weighted by atomic mass is 32.2. The van der Waals surface area contributed by atoms with Gasteiger partial charge in [-0.1, -0.05) is 0 Å². The highest BCUT2D eigenvalue weighted by Crippen LogP contribution is 2.42. The second kappa shape index (κ2) is 6.13. The normalized spacial score (nSPS) is 29.8. The van der Waals surface area contributed by atoms with E-state index in [1.54, 1.807) is 20.2 Å². The van der Waals surface area contributed by atoms with Gasteiger partial charge < -0.3 is 20.3 Å². The molecule has 0 radical (unpaired) electrons. The predicted octanol–water partition coefficient (Wildman–Crippen LogP) is -0.230. The second-order valence-electron chi connectivity index (χ2n) is 4.71. The van der Waals surface area contributed by atoms with E-state index < -0.39 is 23.3 Å². The van der Waals surface area contributed by atoms with Crippen molar-refractivity contribution in [1.29, 1.82) is 0 Å². The first-order chi connectivity index (χ1) is 9.49. The van der Waals surface area contributed by atoms with Gasteiger partial charge in [0.25, 0.3) is 0 Å². The van der Waals surface area contributed by atoms with E-state index in [1.807, 2.05) is 0 Å². The molecule has 0 aromatic carbocycles. The zero-order valence-corrected chi connectivity index (χ0v) is 12.5. The number of hydrogen-bond donors (Lipinski definition) is 2. The average molecular weight is 301 g/mol. The van der Waals surface area contributed by atoms with E-state index in [0.29, 0.717) is 12.2 Å². The third-order valence-electron chi connectivity index (χ3n) is 3.36. The molecule has 3 N–H and O–H groups in total. The monoisotopic (exact) mass is 301 g/mol. The van der Waals surface area contributed by atoms with E-state index in [4.69, 9.17) is 15.2 Å². The first-order valence-electron chi connectivity index (χ1n) is 6.20. The van der Waals surface area contributed by atoms with Crippen LogP contribution in [-0.2, 0) is 9.47 Å². The molecular weight excluding hydrogens is 282 g/mol. The van der Waals surface area contributed by atoms with Gasteiger partial charge in [-0.25, -0.2) is 4.79 Å². The molecule has 1 aliphatic rings. The SMILES string of the molecule is COC[C@H]1S[C@@H](n2cc(C)c(N)nc2=O)[C@@H](O)C1OC. The third-order valence-corrected chi connectivity index (χ3v) is 4.90. The number of aromatic nitrogens is 2. The highest BCUT2D eigenvalue weighted by Gasteiger charge is 2.44. The van der Waals surface area contributed by atoms with Crippen LogP contribution in [-0.4, -0.2) is 52.9 Å². The summed E-state index contributed by atoms with van der Waals surface area (Å²) in [6.45, 7) is 2.21. The molecule has 1 unspecified atom stereocenters. The molecule has 1 aromatic rings. The summed E-state index contributed by atoms with van der Waals surface area (Å²) < 4.78 is 11.9. The van der Waals surface area contributed by atoms with Crippen molar-refractivity contribution in [2.45, 2.75) is 29.8 Å². The van der Waals surface area contributed by atoms with Crippen LogP contribution >= 0.6 is 11.8 Å². The van der Waals surface area contributed by atoms with Crippen molar-refractivity contribution in [2.75, 3.05) is 26.6 Å². The summed E-state index contributed by atoms with van der Waals surface area (Å²) in [5.41, 5.74) is 5.83. The fourth-order valence-electron chi connectivity index (χ4n) is 2.30. The smallest absolute Gasteiger partial charge is 0.350 e. The first kappa shape index (κ1) is 15.3. The molecule has 112 valence electrons. The Balaban J connectivity index is 2.34. The maximum Gasteiger partial charge on any atom is 0.350 e. The average Bonchev–Trinajstić information content (AvgIpc) is 2.71. The van der Waals surface area contributed by atoms with Crippen LogP contribution in [0.1, 0.15) is 10.9 Å². The molecule has 8 heteroatoms. The summed E-state index contributed by atoms with van der Waals surface area (Å²) in [5, 5.41) is 9.86. The summed E-state index contributed by atoms with van der Waals surface area (Å²) in [6.07, 6.45) is 0.412. The Morgan fingerprint density at radius 3 is 2.85 bits per heavy atom. The summed E-state index contributed by atoms with van der Waals surface area (Å²) >= 11 is 1.44. The lowest BCUT2D eigenvalue weighted by molar-refractivity contribution is -0.0210. The fraction of sp³-hybridized carbons (Fsp3) is 0.667. The predicted molar refractivity (Wildman–Crippen MR) is 76.7 cm³/mol. The van der Waals surface area contributed by atoms with Gasteiger partial charge in [0.05, 0.1) is 11.9 Å². The first-order valence-corrected chi connectivity index (χ1v) is 7.14. The Labute approximate surface area is 121 Å². The Hall–Kier alpha value is -1.09. The highest BCUT2D eigenvalue weighted by molar-refractivity contribution is 8.00. The molecule has 1 aliphatic heterocycles. The van der Waals surface area contributed by atoms with Crippen LogP contribution in [0.3, 0.4) is 0 Å². The van der Waals surface area contributed by atoms with Crippen molar-refractivity contribution in [3.05, 3.63) is 22.2 Å². The number of methoxy groups -OCH3 is 2. The van der Waals surface area contributed by atoms with Gasteiger partial charge in [0.1, 0.15) is 23.4 Å². The number of aliphatic hydroxyl groups is 1. The van der Waals surface area contributed by atoms with E-state index >= 15 is 0 Å². The molecule has 2 heterocycles. The summed E-state index contributed by atoms with van der Waals surface area (Å²) in [5.74, 6) is 0.209. The zero-order valence-electron chi connectivity index (χ0n) is 11.6. The summed E-state index contributed by atoms with van der Waals surface area (Å²) in [7, 11) is 3.13. The number of aryl methyl sites for hydroxylation is 1. The van der Waals surface area contributed by atoms with Gasteiger partial charge >= 0.3 is 5.69 Å². The number of thioether (sulfide) groups is 1. The van der Waals surface area contributed by atoms with E-state index in [1.165, 1.54) is 23.4 Å². The van der Waals surface area contributed by atoms with Crippen LogP contribution in [0.4, 0.5) is 5.82 Å². The lowest BCUT2D eigenvalue weighted by Crippen LogP contribution is -2.37. The molecule has 7 nitrogen and oxygen atoms in total. The molecule has 0 amide bonds. The maximum atomic E-state index is 12.0. The molecule has 1 aromatic heterocycles. The third kappa shape index (κ3) is 2.69. The van der Waals surface area contributed by atoms with Crippen molar-refractivity contribution >= 4 is 17.6 Å². The lowest BCUT2D eigenvalue weighted by Gasteiger charge is -2.20. The van der Waals surface area contributed by atoms with Crippen molar-refractivity contribution in [3.63, 3.8) is 0 Å². The maximum absolute atomic E-state index is 12.0. The molecular formula is C12H19N3O4S. The summed E-state index contributed by atoms with van der Waals surface area (Å²) in [6, 6.07) is 0. The molecule has 1 saturated heterocycles. The van der Waals surface area contributed by atoms with Crippen LogP contribution < -0.4 is 11.4 Å². The summed E-state index contributed by atoms with van der Waals surface area (Å²) in [4.78, 5) is 15.7. The molecule has 0 spiro atoms. The van der Waals surface area contributed by atoms with Gasteiger partial charge in [0.15, 0.2) is 0 Å². The van der Waals surface area contributed by atoms with E-state index in [0.717, 1.165) is 0 Å². The number of rotatable bonds is 4. The minimum atomic E-state index is -0.812. The lowest BCUT2D eigenvalue weighted by atomic mass is 10.1. The molecule has 2 rings (SSSR count). The van der Waals surface area contributed by atoms with E-state index in [9.17, 15) is 9.90 Å².